The molecule has 0 radical (unpaired) electrons. The van der Waals surface area contributed by atoms with Gasteiger partial charge in [0, 0.05) is 25.1 Å². The fourth-order valence-electron chi connectivity index (χ4n) is 5.05. The van der Waals surface area contributed by atoms with Crippen LogP contribution in [0.2, 0.25) is 0 Å². The number of amides is 3. The van der Waals surface area contributed by atoms with Gasteiger partial charge in [0.15, 0.2) is 0 Å². The van der Waals surface area contributed by atoms with Crippen molar-refractivity contribution in [3.05, 3.63) is 34.9 Å². The fourth-order valence-corrected chi connectivity index (χ4v) is 5.05. The van der Waals surface area contributed by atoms with E-state index in [0.717, 1.165) is 24.2 Å². The smallest absolute Gasteiger partial charge is 0.255 e. The highest BCUT2D eigenvalue weighted by atomic mass is 16.2. The summed E-state index contributed by atoms with van der Waals surface area (Å²) in [5.41, 5.74) is 8.50. The van der Waals surface area contributed by atoms with Crippen molar-refractivity contribution < 1.29 is 14.4 Å². The van der Waals surface area contributed by atoms with E-state index in [9.17, 15) is 14.4 Å². The molecule has 1 aromatic carbocycles. The summed E-state index contributed by atoms with van der Waals surface area (Å²) in [7, 11) is 0. The van der Waals surface area contributed by atoms with Crippen LogP contribution in [0.4, 0.5) is 0 Å². The molecule has 3 amide bonds. The molecule has 29 heavy (non-hydrogen) atoms. The fraction of sp³-hybridized carbons (Fsp3) is 0.591. The van der Waals surface area contributed by atoms with Crippen LogP contribution in [0, 0.1) is 11.8 Å². The molecule has 2 aliphatic heterocycles. The van der Waals surface area contributed by atoms with Crippen LogP contribution in [-0.4, -0.2) is 41.8 Å². The van der Waals surface area contributed by atoms with Crippen LogP contribution in [0.1, 0.15) is 60.0 Å². The second kappa shape index (κ2) is 8.63. The minimum Gasteiger partial charge on any atom is -0.330 e. The molecule has 1 unspecified atom stereocenters. The molecule has 0 bridgehead atoms. The number of hydrogen-bond acceptors (Lipinski definition) is 5. The molecule has 1 saturated heterocycles. The van der Waals surface area contributed by atoms with Crippen molar-refractivity contribution in [2.75, 3.05) is 13.1 Å². The number of benzene rings is 1. The zero-order valence-corrected chi connectivity index (χ0v) is 16.8. The highest BCUT2D eigenvalue weighted by Crippen LogP contribution is 2.30. The Labute approximate surface area is 171 Å². The predicted octanol–water partition coefficient (Wildman–Crippen LogP) is 1.30. The lowest BCUT2D eigenvalue weighted by Gasteiger charge is -2.29. The van der Waals surface area contributed by atoms with Gasteiger partial charge in [-0.3, -0.25) is 19.7 Å². The maximum absolute atomic E-state index is 13.1. The molecule has 156 valence electrons. The minimum atomic E-state index is -0.566. The Hall–Kier alpha value is -2.25. The number of piperidine rings is 1. The molecule has 1 saturated carbocycles. The Morgan fingerprint density at radius 1 is 1.14 bits per heavy atom. The number of carbonyl (C=O) groups excluding carboxylic acids is 3. The molecule has 3 aliphatic rings. The number of nitrogens with one attached hydrogen (secondary N) is 2. The summed E-state index contributed by atoms with van der Waals surface area (Å²) in [6.07, 6.45) is 5.56. The van der Waals surface area contributed by atoms with E-state index >= 15 is 0 Å². The Kier molecular flexibility index (Phi) is 5.96. The highest BCUT2D eigenvalue weighted by Gasteiger charge is 2.39. The van der Waals surface area contributed by atoms with E-state index in [1.54, 1.807) is 4.90 Å². The van der Waals surface area contributed by atoms with Gasteiger partial charge in [0.1, 0.15) is 6.04 Å². The van der Waals surface area contributed by atoms with Crippen molar-refractivity contribution in [2.24, 2.45) is 17.6 Å². The average molecular weight is 399 g/mol. The third-order valence-corrected chi connectivity index (χ3v) is 6.61. The summed E-state index contributed by atoms with van der Waals surface area (Å²) < 4.78 is 0. The molecule has 4 N–H and O–H groups in total. The number of fused-ring (bicyclic) bond motifs is 1. The summed E-state index contributed by atoms with van der Waals surface area (Å²) in [6, 6.07) is 5.35. The van der Waals surface area contributed by atoms with Crippen molar-refractivity contribution in [1.82, 2.24) is 15.5 Å². The highest BCUT2D eigenvalue weighted by molar-refractivity contribution is 6.05. The third kappa shape index (κ3) is 4.21. The number of hydrogen-bond donors (Lipinski definition) is 3. The van der Waals surface area contributed by atoms with Crippen LogP contribution in [0.3, 0.4) is 0 Å². The zero-order valence-electron chi connectivity index (χ0n) is 16.8. The molecule has 0 spiro atoms. The number of rotatable bonds is 6. The Morgan fingerprint density at radius 2 is 1.97 bits per heavy atom. The van der Waals surface area contributed by atoms with Gasteiger partial charge in [-0.25, -0.2) is 0 Å². The molecule has 1 aromatic rings. The maximum atomic E-state index is 13.1. The van der Waals surface area contributed by atoms with Crippen LogP contribution >= 0.6 is 0 Å². The summed E-state index contributed by atoms with van der Waals surface area (Å²) >= 11 is 0. The quantitative estimate of drug-likeness (QED) is 0.627. The molecule has 2 fully saturated rings. The number of imide groups is 1. The van der Waals surface area contributed by atoms with E-state index in [0.29, 0.717) is 36.9 Å². The van der Waals surface area contributed by atoms with Crippen LogP contribution in [0.15, 0.2) is 18.2 Å². The number of nitrogens with two attached hydrogens (primary N) is 1. The average Bonchev–Trinajstić information content (AvgIpc) is 3.05. The maximum Gasteiger partial charge on any atom is 0.255 e. The predicted molar refractivity (Wildman–Crippen MR) is 109 cm³/mol. The summed E-state index contributed by atoms with van der Waals surface area (Å²) in [6.45, 7) is 2.77. The van der Waals surface area contributed by atoms with Crippen molar-refractivity contribution in [1.29, 1.82) is 0 Å². The molecule has 4 rings (SSSR count). The van der Waals surface area contributed by atoms with E-state index in [1.807, 2.05) is 18.2 Å². The molecule has 7 heteroatoms. The van der Waals surface area contributed by atoms with Gasteiger partial charge < -0.3 is 16.0 Å². The van der Waals surface area contributed by atoms with E-state index in [-0.39, 0.29) is 24.1 Å². The number of carbonyl (C=O) groups is 3. The monoisotopic (exact) mass is 398 g/mol. The summed E-state index contributed by atoms with van der Waals surface area (Å²) in [4.78, 5) is 38.4. The standard InChI is InChI=1S/C22H30N4O3/c23-10-14-3-1-4-15(9-14)11-24-12-16-5-2-6-17-13-26(22(29)20(16)17)18-7-8-19(27)25-21(18)28/h2,5-6,14-15,18,24H,1,3-4,7-13,23H2,(H,25,27,28)/t14-,15+,18?/m1/s1. The number of nitrogens with zero attached hydrogens (tertiary/aromatic N) is 1. The normalized spacial score (nSPS) is 27.1. The lowest BCUT2D eigenvalue weighted by molar-refractivity contribution is -0.136. The topological polar surface area (TPSA) is 105 Å². The van der Waals surface area contributed by atoms with Gasteiger partial charge in [0.05, 0.1) is 0 Å². The summed E-state index contributed by atoms with van der Waals surface area (Å²) in [5.74, 6) is 0.548. The van der Waals surface area contributed by atoms with Crippen molar-refractivity contribution in [3.8, 4) is 0 Å². The van der Waals surface area contributed by atoms with Gasteiger partial charge in [-0.2, -0.15) is 0 Å². The van der Waals surface area contributed by atoms with Crippen LogP contribution in [-0.2, 0) is 22.7 Å². The molecule has 3 atom stereocenters. The van der Waals surface area contributed by atoms with Crippen molar-refractivity contribution in [3.63, 3.8) is 0 Å². The first kappa shape index (κ1) is 20.0. The van der Waals surface area contributed by atoms with E-state index in [4.69, 9.17) is 5.73 Å². The third-order valence-electron chi connectivity index (χ3n) is 6.61. The molecular formula is C22H30N4O3. The van der Waals surface area contributed by atoms with Gasteiger partial charge in [-0.1, -0.05) is 24.6 Å². The molecule has 2 heterocycles. The molecule has 0 aromatic heterocycles. The first-order valence-corrected chi connectivity index (χ1v) is 10.7. The van der Waals surface area contributed by atoms with Crippen molar-refractivity contribution in [2.45, 2.75) is 57.7 Å². The van der Waals surface area contributed by atoms with Crippen LogP contribution in [0.25, 0.3) is 0 Å². The lowest BCUT2D eigenvalue weighted by atomic mass is 9.81. The molecular weight excluding hydrogens is 368 g/mol. The Morgan fingerprint density at radius 3 is 2.76 bits per heavy atom. The van der Waals surface area contributed by atoms with Crippen LogP contribution < -0.4 is 16.4 Å². The van der Waals surface area contributed by atoms with Gasteiger partial charge in [-0.05, 0) is 61.7 Å². The van der Waals surface area contributed by atoms with Gasteiger partial charge in [0.2, 0.25) is 11.8 Å². The SMILES string of the molecule is NC[C@@H]1CCC[C@H](CNCc2cccc3c2C(=O)N(C2CCC(=O)NC2=O)C3)C1. The lowest BCUT2D eigenvalue weighted by Crippen LogP contribution is -2.52. The second-order valence-corrected chi connectivity index (χ2v) is 8.62. The van der Waals surface area contributed by atoms with Gasteiger partial charge >= 0.3 is 0 Å². The van der Waals surface area contributed by atoms with E-state index in [2.05, 4.69) is 10.6 Å². The van der Waals surface area contributed by atoms with Gasteiger partial charge in [-0.15, -0.1) is 0 Å². The first-order valence-electron chi connectivity index (χ1n) is 10.7. The van der Waals surface area contributed by atoms with Crippen molar-refractivity contribution >= 4 is 17.7 Å². The largest absolute Gasteiger partial charge is 0.330 e. The van der Waals surface area contributed by atoms with E-state index < -0.39 is 6.04 Å². The Bertz CT molecular complexity index is 809. The Balaban J connectivity index is 1.40. The molecule has 1 aliphatic carbocycles. The molecule has 7 nitrogen and oxygen atoms in total. The minimum absolute atomic E-state index is 0.104. The zero-order chi connectivity index (χ0) is 20.4. The van der Waals surface area contributed by atoms with Crippen LogP contribution in [0.5, 0.6) is 0 Å². The second-order valence-electron chi connectivity index (χ2n) is 8.62. The van der Waals surface area contributed by atoms with Gasteiger partial charge in [0.25, 0.3) is 5.91 Å². The first-order chi connectivity index (χ1) is 14.1. The van der Waals surface area contributed by atoms with E-state index in [1.165, 1.54) is 25.7 Å². The summed E-state index contributed by atoms with van der Waals surface area (Å²) in [5, 5.41) is 5.89.